The number of halogens is 1. The van der Waals surface area contributed by atoms with Crippen molar-refractivity contribution in [1.29, 1.82) is 0 Å². The van der Waals surface area contributed by atoms with Gasteiger partial charge in [-0.3, -0.25) is 9.10 Å². The first-order valence-electron chi connectivity index (χ1n) is 10.8. The van der Waals surface area contributed by atoms with Crippen molar-refractivity contribution in [1.82, 2.24) is 0 Å². The van der Waals surface area contributed by atoms with Gasteiger partial charge in [-0.1, -0.05) is 48.5 Å². The number of carbonyl (C=O) groups excluding carboxylic acids is 1. The molecule has 0 spiro atoms. The molecule has 0 unspecified atom stereocenters. The van der Waals surface area contributed by atoms with Crippen molar-refractivity contribution in [2.75, 3.05) is 16.2 Å². The summed E-state index contributed by atoms with van der Waals surface area (Å²) in [6.45, 7) is -0.0777. The summed E-state index contributed by atoms with van der Waals surface area (Å²) >= 11 is 0. The van der Waals surface area contributed by atoms with E-state index < -0.39 is 28.3 Å². The van der Waals surface area contributed by atoms with Crippen LogP contribution in [0, 0.1) is 5.82 Å². The van der Waals surface area contributed by atoms with Gasteiger partial charge >= 0.3 is 0 Å². The summed E-state index contributed by atoms with van der Waals surface area (Å²) in [6, 6.07) is 29.2. The zero-order valence-electron chi connectivity index (χ0n) is 18.7. The van der Waals surface area contributed by atoms with Crippen molar-refractivity contribution in [2.45, 2.75) is 11.5 Å². The predicted octanol–water partition coefficient (Wildman–Crippen LogP) is 5.24. The van der Waals surface area contributed by atoms with Crippen LogP contribution in [0.3, 0.4) is 0 Å². The third-order valence-corrected chi connectivity index (χ3v) is 6.91. The lowest BCUT2D eigenvalue weighted by molar-refractivity contribution is -0.114. The molecular weight excluding hydrogens is 467 g/mol. The fourth-order valence-electron chi connectivity index (χ4n) is 3.35. The summed E-state index contributed by atoms with van der Waals surface area (Å²) in [4.78, 5) is 12.8. The summed E-state index contributed by atoms with van der Waals surface area (Å²) in [5.41, 5.74) is 1.69. The molecule has 6 nitrogen and oxygen atoms in total. The van der Waals surface area contributed by atoms with Crippen LogP contribution in [0.1, 0.15) is 5.56 Å². The molecule has 1 amide bonds. The molecule has 35 heavy (non-hydrogen) atoms. The van der Waals surface area contributed by atoms with Crippen LogP contribution in [0.2, 0.25) is 0 Å². The third kappa shape index (κ3) is 6.24. The highest BCUT2D eigenvalue weighted by atomic mass is 32.2. The molecule has 4 aromatic carbocycles. The molecule has 4 rings (SSSR count). The van der Waals surface area contributed by atoms with Gasteiger partial charge in [0.25, 0.3) is 10.0 Å². The Hall–Kier alpha value is -4.17. The summed E-state index contributed by atoms with van der Waals surface area (Å²) in [6.07, 6.45) is 0. The van der Waals surface area contributed by atoms with Crippen LogP contribution in [0.5, 0.6) is 5.75 Å². The number of carbonyl (C=O) groups is 1. The number of hydrogen-bond acceptors (Lipinski definition) is 4. The fraction of sp³-hybridized carbons (Fsp3) is 0.0741. The van der Waals surface area contributed by atoms with E-state index in [9.17, 15) is 17.6 Å². The highest BCUT2D eigenvalue weighted by molar-refractivity contribution is 7.92. The summed E-state index contributed by atoms with van der Waals surface area (Å²) in [5.74, 6) is -0.428. The van der Waals surface area contributed by atoms with Gasteiger partial charge in [0.2, 0.25) is 5.91 Å². The number of rotatable bonds is 9. The van der Waals surface area contributed by atoms with Gasteiger partial charge in [0, 0.05) is 5.69 Å². The molecule has 0 aliphatic carbocycles. The molecule has 0 saturated heterocycles. The molecule has 0 fully saturated rings. The Labute approximate surface area is 203 Å². The second-order valence-corrected chi connectivity index (χ2v) is 9.51. The largest absolute Gasteiger partial charge is 0.489 e. The summed E-state index contributed by atoms with van der Waals surface area (Å²) < 4.78 is 46.7. The SMILES string of the molecule is O=C(CN(c1ccc(F)cc1)S(=O)(=O)c1ccccc1)Nc1ccc(OCc2ccccc2)cc1. The molecule has 0 heterocycles. The number of hydrogen-bond donors (Lipinski definition) is 1. The summed E-state index contributed by atoms with van der Waals surface area (Å²) in [7, 11) is -4.06. The van der Waals surface area contributed by atoms with Crippen LogP contribution in [0.4, 0.5) is 15.8 Å². The van der Waals surface area contributed by atoms with Gasteiger partial charge < -0.3 is 10.1 Å². The molecule has 0 aromatic heterocycles. The average molecular weight is 491 g/mol. The van der Waals surface area contributed by atoms with Crippen LogP contribution in [-0.4, -0.2) is 20.9 Å². The molecule has 0 bridgehead atoms. The average Bonchev–Trinajstić information content (AvgIpc) is 2.88. The molecule has 4 aromatic rings. The van der Waals surface area contributed by atoms with E-state index in [1.807, 2.05) is 30.3 Å². The molecule has 8 heteroatoms. The van der Waals surface area contributed by atoms with Crippen LogP contribution in [-0.2, 0) is 21.4 Å². The molecule has 0 saturated carbocycles. The van der Waals surface area contributed by atoms with E-state index in [0.29, 0.717) is 18.0 Å². The summed E-state index contributed by atoms with van der Waals surface area (Å²) in [5, 5.41) is 2.70. The Kier molecular flexibility index (Phi) is 7.42. The smallest absolute Gasteiger partial charge is 0.264 e. The zero-order chi connectivity index (χ0) is 24.7. The Morgan fingerprint density at radius 2 is 1.40 bits per heavy atom. The highest BCUT2D eigenvalue weighted by Gasteiger charge is 2.27. The quantitative estimate of drug-likeness (QED) is 0.348. The first kappa shape index (κ1) is 24.0. The molecule has 0 radical (unpaired) electrons. The first-order chi connectivity index (χ1) is 16.9. The van der Waals surface area contributed by atoms with Crippen LogP contribution in [0.25, 0.3) is 0 Å². The van der Waals surface area contributed by atoms with Crippen molar-refractivity contribution >= 4 is 27.3 Å². The van der Waals surface area contributed by atoms with Crippen LogP contribution >= 0.6 is 0 Å². The van der Waals surface area contributed by atoms with E-state index in [-0.39, 0.29) is 10.6 Å². The maximum Gasteiger partial charge on any atom is 0.264 e. The normalized spacial score (nSPS) is 11.0. The monoisotopic (exact) mass is 490 g/mol. The highest BCUT2D eigenvalue weighted by Crippen LogP contribution is 2.24. The van der Waals surface area contributed by atoms with E-state index >= 15 is 0 Å². The number of amides is 1. The van der Waals surface area contributed by atoms with Crippen molar-refractivity contribution in [3.05, 3.63) is 121 Å². The number of anilines is 2. The van der Waals surface area contributed by atoms with Crippen molar-refractivity contribution < 1.29 is 22.3 Å². The number of nitrogens with zero attached hydrogens (tertiary/aromatic N) is 1. The molecule has 0 aliphatic heterocycles. The minimum Gasteiger partial charge on any atom is -0.489 e. The Morgan fingerprint density at radius 3 is 2.03 bits per heavy atom. The van der Waals surface area contributed by atoms with Gasteiger partial charge in [0.05, 0.1) is 10.6 Å². The lowest BCUT2D eigenvalue weighted by Gasteiger charge is -2.24. The zero-order valence-corrected chi connectivity index (χ0v) is 19.5. The first-order valence-corrected chi connectivity index (χ1v) is 12.3. The predicted molar refractivity (Wildman–Crippen MR) is 133 cm³/mol. The van der Waals surface area contributed by atoms with Gasteiger partial charge in [-0.05, 0) is 66.2 Å². The van der Waals surface area contributed by atoms with E-state index in [1.54, 1.807) is 42.5 Å². The topological polar surface area (TPSA) is 75.7 Å². The number of nitrogens with one attached hydrogen (secondary N) is 1. The Bertz CT molecular complexity index is 1360. The maximum absolute atomic E-state index is 13.4. The van der Waals surface area contributed by atoms with E-state index in [1.165, 1.54) is 24.3 Å². The van der Waals surface area contributed by atoms with Gasteiger partial charge in [-0.25, -0.2) is 12.8 Å². The van der Waals surface area contributed by atoms with Gasteiger partial charge in [-0.15, -0.1) is 0 Å². The standard InChI is InChI=1S/C27H23FN2O4S/c28-22-11-15-24(16-12-22)30(35(32,33)26-9-5-2-6-10-26)19-27(31)29-23-13-17-25(18-14-23)34-20-21-7-3-1-4-8-21/h1-18H,19-20H2,(H,29,31). The molecule has 1 N–H and O–H groups in total. The van der Waals surface area contributed by atoms with Crippen molar-refractivity contribution in [3.8, 4) is 5.75 Å². The van der Waals surface area contributed by atoms with E-state index in [4.69, 9.17) is 4.74 Å². The second-order valence-electron chi connectivity index (χ2n) is 7.65. The van der Waals surface area contributed by atoms with Gasteiger partial charge in [0.15, 0.2) is 0 Å². The number of benzene rings is 4. The number of ether oxygens (including phenoxy) is 1. The van der Waals surface area contributed by atoms with Gasteiger partial charge in [-0.2, -0.15) is 0 Å². The fourth-order valence-corrected chi connectivity index (χ4v) is 4.79. The Balaban J connectivity index is 1.46. The Morgan fingerprint density at radius 1 is 0.800 bits per heavy atom. The molecule has 0 atom stereocenters. The van der Waals surface area contributed by atoms with E-state index in [0.717, 1.165) is 22.0 Å². The number of sulfonamides is 1. The van der Waals surface area contributed by atoms with Crippen LogP contribution < -0.4 is 14.4 Å². The molecule has 0 aliphatic rings. The lowest BCUT2D eigenvalue weighted by atomic mass is 10.2. The minimum atomic E-state index is -4.06. The minimum absolute atomic E-state index is 0.0250. The van der Waals surface area contributed by atoms with E-state index in [2.05, 4.69) is 5.32 Å². The van der Waals surface area contributed by atoms with Crippen molar-refractivity contribution in [2.24, 2.45) is 0 Å². The third-order valence-electron chi connectivity index (χ3n) is 5.12. The van der Waals surface area contributed by atoms with Gasteiger partial charge in [0.1, 0.15) is 24.7 Å². The lowest BCUT2D eigenvalue weighted by Crippen LogP contribution is -2.38. The van der Waals surface area contributed by atoms with Crippen molar-refractivity contribution in [3.63, 3.8) is 0 Å². The molecular formula is C27H23FN2O4S. The maximum atomic E-state index is 13.4. The molecule has 178 valence electrons. The second kappa shape index (κ2) is 10.8. The van der Waals surface area contributed by atoms with Crippen LogP contribution in [0.15, 0.2) is 114 Å².